The predicted molar refractivity (Wildman–Crippen MR) is 79.1 cm³/mol. The molecular weight excluding hydrogens is 254 g/mol. The lowest BCUT2D eigenvalue weighted by atomic mass is 9.92. The second-order valence-corrected chi connectivity index (χ2v) is 6.00. The average molecular weight is 281 g/mol. The number of oxime groups is 1. The van der Waals surface area contributed by atoms with Gasteiger partial charge in [0.05, 0.1) is 11.8 Å². The number of likely N-dealkylation sites (tertiary alicyclic amines) is 2. The van der Waals surface area contributed by atoms with Gasteiger partial charge in [0.2, 0.25) is 5.91 Å². The monoisotopic (exact) mass is 281 g/mol. The van der Waals surface area contributed by atoms with Crippen LogP contribution in [0.4, 0.5) is 0 Å². The lowest BCUT2D eigenvalue weighted by molar-refractivity contribution is -0.137. The highest BCUT2D eigenvalue weighted by atomic mass is 16.4. The van der Waals surface area contributed by atoms with E-state index in [1.54, 1.807) is 0 Å². The van der Waals surface area contributed by atoms with Crippen LogP contribution in [-0.2, 0) is 4.79 Å². The predicted octanol–water partition coefficient (Wildman–Crippen LogP) is 1.95. The van der Waals surface area contributed by atoms with Gasteiger partial charge in [0, 0.05) is 38.5 Å². The summed E-state index contributed by atoms with van der Waals surface area (Å²) in [5, 5.41) is 12.4. The van der Waals surface area contributed by atoms with Gasteiger partial charge in [0.15, 0.2) is 0 Å². The van der Waals surface area contributed by atoms with Gasteiger partial charge in [-0.05, 0) is 32.6 Å². The van der Waals surface area contributed by atoms with Crippen molar-refractivity contribution in [3.05, 3.63) is 0 Å². The third kappa shape index (κ3) is 3.32. The molecular formula is C15H27N3O2. The van der Waals surface area contributed by atoms with Gasteiger partial charge >= 0.3 is 0 Å². The van der Waals surface area contributed by atoms with E-state index in [2.05, 4.69) is 17.0 Å². The van der Waals surface area contributed by atoms with Crippen LogP contribution in [0.3, 0.4) is 0 Å². The fourth-order valence-corrected chi connectivity index (χ4v) is 3.32. The Kier molecular flexibility index (Phi) is 5.40. The van der Waals surface area contributed by atoms with Crippen LogP contribution >= 0.6 is 0 Å². The maximum Gasteiger partial charge on any atom is 0.239 e. The van der Waals surface area contributed by atoms with Gasteiger partial charge in [0.1, 0.15) is 0 Å². The number of hydrogen-bond acceptors (Lipinski definition) is 4. The Morgan fingerprint density at radius 1 is 1.35 bits per heavy atom. The minimum absolute atomic E-state index is 0.0533. The molecule has 5 nitrogen and oxygen atoms in total. The highest BCUT2D eigenvalue weighted by molar-refractivity contribution is 5.88. The first kappa shape index (κ1) is 15.3. The largest absolute Gasteiger partial charge is 0.411 e. The number of hydrogen-bond donors (Lipinski definition) is 1. The second-order valence-electron chi connectivity index (χ2n) is 6.00. The van der Waals surface area contributed by atoms with Crippen LogP contribution in [0.5, 0.6) is 0 Å². The lowest BCUT2D eigenvalue weighted by Crippen LogP contribution is -2.53. The van der Waals surface area contributed by atoms with E-state index in [-0.39, 0.29) is 17.9 Å². The molecule has 0 bridgehead atoms. The maximum atomic E-state index is 12.5. The zero-order valence-corrected chi connectivity index (χ0v) is 12.7. The smallest absolute Gasteiger partial charge is 0.239 e. The van der Waals surface area contributed by atoms with Crippen molar-refractivity contribution in [2.45, 2.75) is 52.0 Å². The molecule has 1 amide bonds. The second kappa shape index (κ2) is 7.07. The van der Waals surface area contributed by atoms with E-state index in [9.17, 15) is 4.79 Å². The molecule has 1 N–H and O–H groups in total. The average Bonchev–Trinajstić information content (AvgIpc) is 2.53. The fourth-order valence-electron chi connectivity index (χ4n) is 3.32. The summed E-state index contributed by atoms with van der Waals surface area (Å²) in [6.45, 7) is 7.60. The zero-order valence-electron chi connectivity index (χ0n) is 12.7. The molecule has 2 aliphatic rings. The van der Waals surface area contributed by atoms with Crippen LogP contribution in [0, 0.1) is 5.92 Å². The summed E-state index contributed by atoms with van der Waals surface area (Å²) < 4.78 is 0. The molecule has 2 atom stereocenters. The molecule has 0 aromatic heterocycles. The molecule has 0 aromatic carbocycles. The van der Waals surface area contributed by atoms with Crippen molar-refractivity contribution in [2.75, 3.05) is 26.2 Å². The molecule has 114 valence electrons. The molecule has 2 heterocycles. The Hall–Kier alpha value is -1.10. The maximum absolute atomic E-state index is 12.5. The van der Waals surface area contributed by atoms with Crippen molar-refractivity contribution < 1.29 is 10.0 Å². The summed E-state index contributed by atoms with van der Waals surface area (Å²) >= 11 is 0. The van der Waals surface area contributed by atoms with Crippen molar-refractivity contribution in [3.8, 4) is 0 Å². The molecule has 2 fully saturated rings. The molecule has 0 aromatic rings. The topological polar surface area (TPSA) is 56.1 Å². The van der Waals surface area contributed by atoms with Crippen molar-refractivity contribution in [3.63, 3.8) is 0 Å². The fraction of sp³-hybridized carbons (Fsp3) is 0.867. The number of carbonyl (C=O) groups excluding carboxylic acids is 1. The number of carbonyl (C=O) groups is 1. The summed E-state index contributed by atoms with van der Waals surface area (Å²) in [5.74, 6) is 0.550. The van der Waals surface area contributed by atoms with Crippen molar-refractivity contribution >= 4 is 11.6 Å². The van der Waals surface area contributed by atoms with Crippen LogP contribution in [-0.4, -0.2) is 58.8 Å². The van der Waals surface area contributed by atoms with E-state index < -0.39 is 0 Å². The van der Waals surface area contributed by atoms with Gasteiger partial charge in [-0.25, -0.2) is 0 Å². The molecule has 2 aliphatic heterocycles. The molecule has 2 rings (SSSR count). The number of piperidine rings is 2. The van der Waals surface area contributed by atoms with Gasteiger partial charge in [0.25, 0.3) is 0 Å². The molecule has 2 unspecified atom stereocenters. The summed E-state index contributed by atoms with van der Waals surface area (Å²) in [6.07, 6.45) is 5.25. The Bertz CT molecular complexity index is 364. The van der Waals surface area contributed by atoms with Crippen LogP contribution in [0.1, 0.15) is 46.0 Å². The van der Waals surface area contributed by atoms with Gasteiger partial charge < -0.3 is 10.1 Å². The Labute approximate surface area is 121 Å². The van der Waals surface area contributed by atoms with Crippen LogP contribution in [0.25, 0.3) is 0 Å². The first-order valence-corrected chi connectivity index (χ1v) is 7.91. The SMILES string of the molecule is CCC1CN(C(C)C(=O)N2CCCCC2)CCC1=NO. The summed E-state index contributed by atoms with van der Waals surface area (Å²) in [7, 11) is 0. The quantitative estimate of drug-likeness (QED) is 0.635. The molecule has 20 heavy (non-hydrogen) atoms. The first-order valence-electron chi connectivity index (χ1n) is 7.91. The lowest BCUT2D eigenvalue weighted by Gasteiger charge is -2.38. The summed E-state index contributed by atoms with van der Waals surface area (Å²) in [6, 6.07) is -0.0533. The summed E-state index contributed by atoms with van der Waals surface area (Å²) in [5.41, 5.74) is 0.890. The molecule has 0 spiro atoms. The molecule has 0 radical (unpaired) electrons. The van der Waals surface area contributed by atoms with Gasteiger partial charge in [-0.1, -0.05) is 12.1 Å². The standard InChI is InChI=1S/C15H27N3O2/c1-3-13-11-18(10-7-14(13)16-20)12(2)15(19)17-8-5-4-6-9-17/h12-13,20H,3-11H2,1-2H3. The Morgan fingerprint density at radius 2 is 2.05 bits per heavy atom. The minimum atomic E-state index is -0.0533. The van der Waals surface area contributed by atoms with Gasteiger partial charge in [-0.3, -0.25) is 9.69 Å². The highest BCUT2D eigenvalue weighted by Gasteiger charge is 2.32. The molecule has 5 heteroatoms. The van der Waals surface area contributed by atoms with Crippen molar-refractivity contribution in [1.29, 1.82) is 0 Å². The van der Waals surface area contributed by atoms with Crippen molar-refractivity contribution in [2.24, 2.45) is 11.1 Å². The number of amides is 1. The van der Waals surface area contributed by atoms with E-state index in [0.29, 0.717) is 0 Å². The van der Waals surface area contributed by atoms with Gasteiger partial charge in [-0.15, -0.1) is 0 Å². The summed E-state index contributed by atoms with van der Waals surface area (Å²) in [4.78, 5) is 16.8. The first-order chi connectivity index (χ1) is 9.67. The van der Waals surface area contributed by atoms with Crippen LogP contribution < -0.4 is 0 Å². The molecule has 0 saturated carbocycles. The third-order valence-electron chi connectivity index (χ3n) is 4.78. The number of rotatable bonds is 3. The van der Waals surface area contributed by atoms with E-state index in [1.165, 1.54) is 6.42 Å². The third-order valence-corrected chi connectivity index (χ3v) is 4.78. The van der Waals surface area contributed by atoms with E-state index in [4.69, 9.17) is 5.21 Å². The highest BCUT2D eigenvalue weighted by Crippen LogP contribution is 2.21. The van der Waals surface area contributed by atoms with Crippen LogP contribution in [0.15, 0.2) is 5.16 Å². The molecule has 2 saturated heterocycles. The normalized spacial score (nSPS) is 28.6. The minimum Gasteiger partial charge on any atom is -0.411 e. The van der Waals surface area contributed by atoms with E-state index in [1.807, 2.05) is 11.8 Å². The van der Waals surface area contributed by atoms with Crippen molar-refractivity contribution in [1.82, 2.24) is 9.80 Å². The zero-order chi connectivity index (χ0) is 14.5. The van der Waals surface area contributed by atoms with E-state index in [0.717, 1.165) is 57.6 Å². The van der Waals surface area contributed by atoms with Gasteiger partial charge in [-0.2, -0.15) is 0 Å². The Balaban J connectivity index is 1.95. The van der Waals surface area contributed by atoms with Crippen LogP contribution in [0.2, 0.25) is 0 Å². The Morgan fingerprint density at radius 3 is 2.65 bits per heavy atom. The molecule has 0 aliphatic carbocycles. The van der Waals surface area contributed by atoms with E-state index >= 15 is 0 Å². The number of nitrogens with zero attached hydrogens (tertiary/aromatic N) is 3.